The van der Waals surface area contributed by atoms with Crippen molar-refractivity contribution in [2.45, 2.75) is 19.9 Å². The Morgan fingerprint density at radius 3 is 2.51 bits per heavy atom. The van der Waals surface area contributed by atoms with Gasteiger partial charge >= 0.3 is 11.9 Å². The molecule has 0 saturated heterocycles. The normalized spacial score (nSPS) is 15.3. The molecule has 9 heteroatoms. The van der Waals surface area contributed by atoms with Crippen LogP contribution in [0.5, 0.6) is 0 Å². The van der Waals surface area contributed by atoms with Crippen molar-refractivity contribution in [1.29, 1.82) is 0 Å². The van der Waals surface area contributed by atoms with E-state index in [1.165, 1.54) is 28.0 Å². The van der Waals surface area contributed by atoms with E-state index in [2.05, 4.69) is 4.99 Å². The highest BCUT2D eigenvalue weighted by Gasteiger charge is 2.33. The Kier molecular flexibility index (Phi) is 6.45. The summed E-state index contributed by atoms with van der Waals surface area (Å²) in [5.41, 5.74) is 2.21. The molecule has 3 heterocycles. The molecule has 4 aromatic rings. The quantitative estimate of drug-likeness (QED) is 0.392. The van der Waals surface area contributed by atoms with Crippen molar-refractivity contribution in [3.8, 4) is 11.3 Å². The summed E-state index contributed by atoms with van der Waals surface area (Å²) in [6.45, 7) is 3.69. The molecule has 1 N–H and O–H groups in total. The summed E-state index contributed by atoms with van der Waals surface area (Å²) in [7, 11) is 0. The first-order valence-electron chi connectivity index (χ1n) is 11.6. The molecule has 1 aliphatic rings. The number of thiazole rings is 1. The van der Waals surface area contributed by atoms with Gasteiger partial charge in [0, 0.05) is 11.6 Å². The van der Waals surface area contributed by atoms with Crippen LogP contribution in [0.3, 0.4) is 0 Å². The number of aromatic nitrogens is 1. The van der Waals surface area contributed by atoms with E-state index >= 15 is 0 Å². The number of carboxylic acids is 1. The van der Waals surface area contributed by atoms with E-state index in [0.29, 0.717) is 37.7 Å². The van der Waals surface area contributed by atoms with Crippen molar-refractivity contribution in [2.24, 2.45) is 4.99 Å². The van der Waals surface area contributed by atoms with E-state index < -0.39 is 18.0 Å². The van der Waals surface area contributed by atoms with Crippen LogP contribution in [0, 0.1) is 0 Å². The first kappa shape index (κ1) is 24.2. The van der Waals surface area contributed by atoms with Gasteiger partial charge in [0.1, 0.15) is 11.5 Å². The van der Waals surface area contributed by atoms with Crippen LogP contribution in [0.2, 0.25) is 0 Å². The van der Waals surface area contributed by atoms with Gasteiger partial charge in [-0.15, -0.1) is 0 Å². The largest absolute Gasteiger partial charge is 0.478 e. The summed E-state index contributed by atoms with van der Waals surface area (Å²) in [6, 6.07) is 18.5. The van der Waals surface area contributed by atoms with Crippen LogP contribution in [0.4, 0.5) is 0 Å². The molecular weight excluding hydrogens is 492 g/mol. The van der Waals surface area contributed by atoms with Gasteiger partial charge in [0.15, 0.2) is 4.80 Å². The summed E-state index contributed by atoms with van der Waals surface area (Å²) in [5, 5.41) is 9.10. The number of benzene rings is 2. The van der Waals surface area contributed by atoms with Crippen molar-refractivity contribution in [3.63, 3.8) is 0 Å². The Bertz CT molecular complexity index is 1710. The molecule has 2 aromatic carbocycles. The van der Waals surface area contributed by atoms with E-state index in [-0.39, 0.29) is 17.7 Å². The maximum atomic E-state index is 13.6. The predicted octanol–water partition coefficient (Wildman–Crippen LogP) is 3.76. The van der Waals surface area contributed by atoms with Gasteiger partial charge in [-0.3, -0.25) is 9.36 Å². The van der Waals surface area contributed by atoms with Crippen molar-refractivity contribution < 1.29 is 23.8 Å². The number of rotatable bonds is 6. The van der Waals surface area contributed by atoms with E-state index in [1.54, 1.807) is 44.2 Å². The van der Waals surface area contributed by atoms with Crippen LogP contribution in [0.15, 0.2) is 92.2 Å². The second-order valence-electron chi connectivity index (χ2n) is 8.30. The third kappa shape index (κ3) is 4.56. The zero-order valence-corrected chi connectivity index (χ0v) is 20.8. The Hall–Kier alpha value is -4.50. The van der Waals surface area contributed by atoms with E-state index in [1.807, 2.05) is 30.3 Å². The zero-order valence-electron chi connectivity index (χ0n) is 20.0. The Labute approximate surface area is 215 Å². The van der Waals surface area contributed by atoms with Crippen molar-refractivity contribution in [3.05, 3.63) is 115 Å². The number of nitrogens with zero attached hydrogens (tertiary/aromatic N) is 2. The Morgan fingerprint density at radius 2 is 1.84 bits per heavy atom. The fourth-order valence-electron chi connectivity index (χ4n) is 4.23. The number of carboxylic acid groups (broad SMARTS) is 1. The van der Waals surface area contributed by atoms with E-state index in [9.17, 15) is 14.4 Å². The lowest BCUT2D eigenvalue weighted by Crippen LogP contribution is -2.39. The number of esters is 1. The maximum Gasteiger partial charge on any atom is 0.338 e. The molecule has 37 heavy (non-hydrogen) atoms. The first-order valence-corrected chi connectivity index (χ1v) is 12.4. The van der Waals surface area contributed by atoms with Crippen LogP contribution in [-0.2, 0) is 9.53 Å². The standard InChI is InChI=1S/C28H22N2O6S/c1-3-35-27(34)23-16(2)29-28-30(24(23)18-7-5-4-6-8-18)25(31)22(37-28)15-20-13-14-21(36-20)17-9-11-19(12-10-17)26(32)33/h4-15,24H,3H2,1-2H3,(H,32,33)/b22-15+/t24-/m0/s1. The molecule has 0 fully saturated rings. The van der Waals surface area contributed by atoms with Gasteiger partial charge in [0.2, 0.25) is 0 Å². The minimum atomic E-state index is -1.00. The Balaban J connectivity index is 1.59. The third-order valence-electron chi connectivity index (χ3n) is 5.95. The van der Waals surface area contributed by atoms with Crippen molar-refractivity contribution >= 4 is 29.4 Å². The third-order valence-corrected chi connectivity index (χ3v) is 6.93. The summed E-state index contributed by atoms with van der Waals surface area (Å²) in [5.74, 6) is -0.507. The lowest BCUT2D eigenvalue weighted by Gasteiger charge is -2.24. The molecule has 5 rings (SSSR count). The average Bonchev–Trinajstić information content (AvgIpc) is 3.48. The van der Waals surface area contributed by atoms with Gasteiger partial charge in [-0.25, -0.2) is 14.6 Å². The number of hydrogen-bond acceptors (Lipinski definition) is 7. The van der Waals surface area contributed by atoms with Crippen LogP contribution >= 0.6 is 11.3 Å². The summed E-state index contributed by atoms with van der Waals surface area (Å²) < 4.78 is 13.2. The SMILES string of the molecule is CCOC(=O)C1=C(C)N=c2s/c(=C/c3ccc(-c4ccc(C(=O)O)cc4)o3)c(=O)n2[C@H]1c1ccccc1. The van der Waals surface area contributed by atoms with E-state index in [4.69, 9.17) is 14.3 Å². The van der Waals surface area contributed by atoms with Gasteiger partial charge in [-0.05, 0) is 43.7 Å². The molecule has 0 radical (unpaired) electrons. The summed E-state index contributed by atoms with van der Waals surface area (Å²) in [6.07, 6.45) is 1.64. The van der Waals surface area contributed by atoms with E-state index in [0.717, 1.165) is 5.56 Å². The highest BCUT2D eigenvalue weighted by molar-refractivity contribution is 7.07. The molecular formula is C28H22N2O6S. The molecule has 1 atom stereocenters. The topological polar surface area (TPSA) is 111 Å². The lowest BCUT2D eigenvalue weighted by molar-refractivity contribution is -0.139. The molecule has 0 spiro atoms. The monoisotopic (exact) mass is 514 g/mol. The fraction of sp³-hybridized carbons (Fsp3) is 0.143. The fourth-order valence-corrected chi connectivity index (χ4v) is 5.26. The minimum Gasteiger partial charge on any atom is -0.478 e. The van der Waals surface area contributed by atoms with Crippen molar-refractivity contribution in [1.82, 2.24) is 4.57 Å². The summed E-state index contributed by atoms with van der Waals surface area (Å²) in [4.78, 5) is 42.7. The predicted molar refractivity (Wildman–Crippen MR) is 138 cm³/mol. The molecule has 0 bridgehead atoms. The highest BCUT2D eigenvalue weighted by atomic mass is 32.1. The second kappa shape index (κ2) is 9.87. The number of fused-ring (bicyclic) bond motifs is 1. The molecule has 0 aliphatic carbocycles. The maximum absolute atomic E-state index is 13.6. The second-order valence-corrected chi connectivity index (χ2v) is 9.31. The summed E-state index contributed by atoms with van der Waals surface area (Å²) >= 11 is 1.21. The molecule has 2 aromatic heterocycles. The molecule has 0 saturated carbocycles. The zero-order chi connectivity index (χ0) is 26.1. The van der Waals surface area contributed by atoms with Crippen LogP contribution < -0.4 is 14.9 Å². The average molecular weight is 515 g/mol. The molecule has 0 amide bonds. The van der Waals surface area contributed by atoms with Gasteiger partial charge in [-0.1, -0.05) is 53.8 Å². The highest BCUT2D eigenvalue weighted by Crippen LogP contribution is 2.30. The smallest absolute Gasteiger partial charge is 0.338 e. The number of aromatic carboxylic acids is 1. The van der Waals surface area contributed by atoms with Crippen LogP contribution in [0.25, 0.3) is 17.4 Å². The number of hydrogen-bond donors (Lipinski definition) is 1. The van der Waals surface area contributed by atoms with Crippen LogP contribution in [0.1, 0.15) is 41.6 Å². The van der Waals surface area contributed by atoms with Crippen LogP contribution in [-0.4, -0.2) is 28.2 Å². The van der Waals surface area contributed by atoms with Gasteiger partial charge in [-0.2, -0.15) is 0 Å². The molecule has 186 valence electrons. The van der Waals surface area contributed by atoms with Gasteiger partial charge in [0.05, 0.1) is 34.0 Å². The minimum absolute atomic E-state index is 0.182. The van der Waals surface area contributed by atoms with Crippen molar-refractivity contribution in [2.75, 3.05) is 6.61 Å². The molecule has 8 nitrogen and oxygen atoms in total. The molecule has 1 aliphatic heterocycles. The van der Waals surface area contributed by atoms with Gasteiger partial charge in [0.25, 0.3) is 5.56 Å². The number of carbonyl (C=O) groups is 2. The number of ether oxygens (including phenoxy) is 1. The number of carbonyl (C=O) groups excluding carboxylic acids is 1. The lowest BCUT2D eigenvalue weighted by atomic mass is 9.96. The number of allylic oxidation sites excluding steroid dienone is 1. The number of furan rings is 1. The Morgan fingerprint density at radius 1 is 1.11 bits per heavy atom. The first-order chi connectivity index (χ1) is 17.9. The van der Waals surface area contributed by atoms with Gasteiger partial charge < -0.3 is 14.3 Å². The molecule has 0 unspecified atom stereocenters.